The van der Waals surface area contributed by atoms with Gasteiger partial charge >= 0.3 is 5.97 Å². The second kappa shape index (κ2) is 8.59. The van der Waals surface area contributed by atoms with Gasteiger partial charge in [-0.1, -0.05) is 23.7 Å². The van der Waals surface area contributed by atoms with E-state index >= 15 is 0 Å². The molecule has 118 valence electrons. The van der Waals surface area contributed by atoms with Gasteiger partial charge in [0.25, 0.3) is 0 Å². The van der Waals surface area contributed by atoms with Crippen molar-refractivity contribution in [1.29, 1.82) is 0 Å². The van der Waals surface area contributed by atoms with Gasteiger partial charge in [0.2, 0.25) is 0 Å². The first-order valence-corrected chi connectivity index (χ1v) is 7.31. The van der Waals surface area contributed by atoms with Crippen molar-refractivity contribution in [2.24, 2.45) is 5.92 Å². The average Bonchev–Trinajstić information content (AvgIpc) is 2.46. The Bertz CT molecular complexity index is 445. The molecule has 0 saturated carbocycles. The molecular formula is C15H21Cl2NO3. The molecular weight excluding hydrogens is 313 g/mol. The number of hydrogen-bond donors (Lipinski definition) is 2. The maximum absolute atomic E-state index is 10.5. The van der Waals surface area contributed by atoms with Crippen LogP contribution in [0.15, 0.2) is 24.3 Å². The highest BCUT2D eigenvalue weighted by Gasteiger charge is 2.26. The van der Waals surface area contributed by atoms with Crippen LogP contribution in [0, 0.1) is 5.92 Å². The number of aliphatic hydroxyl groups excluding tert-OH is 1. The summed E-state index contributed by atoms with van der Waals surface area (Å²) in [5, 5.41) is 19.7. The van der Waals surface area contributed by atoms with Crippen LogP contribution in [-0.2, 0) is 4.79 Å². The minimum Gasteiger partial charge on any atom is -0.481 e. The standard InChI is InChI=1S/C15H20ClNO3.ClH/c16-13-3-1-11(2-4-13)15(20)12-5-8-17(9-6-12)10-7-14(18)19;/h1-4,12,15,20H,5-10H2,(H,18,19);1H. The van der Waals surface area contributed by atoms with Crippen LogP contribution < -0.4 is 0 Å². The summed E-state index contributed by atoms with van der Waals surface area (Å²) in [4.78, 5) is 12.7. The van der Waals surface area contributed by atoms with Crippen molar-refractivity contribution in [3.8, 4) is 0 Å². The number of carboxylic acids is 1. The number of carboxylic acid groups (broad SMARTS) is 1. The number of hydrogen-bond acceptors (Lipinski definition) is 3. The molecule has 1 atom stereocenters. The van der Waals surface area contributed by atoms with Gasteiger partial charge in [-0.05, 0) is 49.5 Å². The van der Waals surface area contributed by atoms with E-state index in [1.807, 2.05) is 12.1 Å². The van der Waals surface area contributed by atoms with Gasteiger partial charge in [0, 0.05) is 11.6 Å². The van der Waals surface area contributed by atoms with Crippen molar-refractivity contribution in [3.05, 3.63) is 34.9 Å². The molecule has 1 fully saturated rings. The molecule has 2 N–H and O–H groups in total. The summed E-state index contributed by atoms with van der Waals surface area (Å²) in [6.45, 7) is 2.30. The number of aliphatic hydroxyl groups is 1. The maximum Gasteiger partial charge on any atom is 0.304 e. The summed E-state index contributed by atoms with van der Waals surface area (Å²) in [5.41, 5.74) is 0.901. The molecule has 1 aromatic rings. The Morgan fingerprint density at radius 2 is 1.86 bits per heavy atom. The monoisotopic (exact) mass is 333 g/mol. The smallest absolute Gasteiger partial charge is 0.304 e. The third-order valence-corrected chi connectivity index (χ3v) is 4.18. The molecule has 0 amide bonds. The Hall–Kier alpha value is -0.810. The summed E-state index contributed by atoms with van der Waals surface area (Å²) in [7, 11) is 0. The van der Waals surface area contributed by atoms with E-state index in [1.165, 1.54) is 0 Å². The summed E-state index contributed by atoms with van der Waals surface area (Å²) >= 11 is 5.85. The lowest BCUT2D eigenvalue weighted by molar-refractivity contribution is -0.137. The molecule has 0 radical (unpaired) electrons. The van der Waals surface area contributed by atoms with Gasteiger partial charge in [-0.2, -0.15) is 0 Å². The van der Waals surface area contributed by atoms with E-state index < -0.39 is 12.1 Å². The molecule has 1 saturated heterocycles. The number of nitrogens with zero attached hydrogens (tertiary/aromatic N) is 1. The Kier molecular flexibility index (Phi) is 7.46. The maximum atomic E-state index is 10.5. The second-order valence-corrected chi connectivity index (χ2v) is 5.76. The molecule has 21 heavy (non-hydrogen) atoms. The summed E-state index contributed by atoms with van der Waals surface area (Å²) in [5.74, 6) is -0.523. The van der Waals surface area contributed by atoms with E-state index in [2.05, 4.69) is 4.90 Å². The number of benzene rings is 1. The van der Waals surface area contributed by atoms with E-state index in [0.717, 1.165) is 31.5 Å². The molecule has 2 rings (SSSR count). The Balaban J connectivity index is 0.00000220. The molecule has 0 aromatic heterocycles. The van der Waals surface area contributed by atoms with Gasteiger partial charge in [0.1, 0.15) is 0 Å². The molecule has 6 heteroatoms. The van der Waals surface area contributed by atoms with Crippen LogP contribution in [0.4, 0.5) is 0 Å². The van der Waals surface area contributed by atoms with Crippen molar-refractivity contribution in [3.63, 3.8) is 0 Å². The highest BCUT2D eigenvalue weighted by molar-refractivity contribution is 6.30. The minimum atomic E-state index is -0.756. The predicted octanol–water partition coefficient (Wildman–Crippen LogP) is 2.98. The van der Waals surface area contributed by atoms with Crippen LogP contribution in [0.25, 0.3) is 0 Å². The summed E-state index contributed by atoms with van der Waals surface area (Å²) < 4.78 is 0. The zero-order valence-corrected chi connectivity index (χ0v) is 13.3. The second-order valence-electron chi connectivity index (χ2n) is 5.32. The fraction of sp³-hybridized carbons (Fsp3) is 0.533. The first-order chi connectivity index (χ1) is 9.56. The first kappa shape index (κ1) is 18.2. The number of piperidine rings is 1. The fourth-order valence-corrected chi connectivity index (χ4v) is 2.80. The SMILES string of the molecule is Cl.O=C(O)CCN1CCC(C(O)c2ccc(Cl)cc2)CC1. The quantitative estimate of drug-likeness (QED) is 0.869. The highest BCUT2D eigenvalue weighted by Crippen LogP contribution is 2.31. The normalized spacial score (nSPS) is 18.0. The number of rotatable bonds is 5. The Morgan fingerprint density at radius 1 is 1.29 bits per heavy atom. The number of likely N-dealkylation sites (tertiary alicyclic amines) is 1. The molecule has 0 bridgehead atoms. The van der Waals surface area contributed by atoms with Crippen molar-refractivity contribution in [1.82, 2.24) is 4.90 Å². The lowest BCUT2D eigenvalue weighted by Gasteiger charge is -2.34. The van der Waals surface area contributed by atoms with Gasteiger partial charge in [-0.25, -0.2) is 0 Å². The van der Waals surface area contributed by atoms with Crippen LogP contribution in [0.5, 0.6) is 0 Å². The first-order valence-electron chi connectivity index (χ1n) is 6.94. The largest absolute Gasteiger partial charge is 0.481 e. The topological polar surface area (TPSA) is 60.8 Å². The molecule has 0 aliphatic carbocycles. The highest BCUT2D eigenvalue weighted by atomic mass is 35.5. The lowest BCUT2D eigenvalue weighted by atomic mass is 9.87. The Morgan fingerprint density at radius 3 is 2.38 bits per heavy atom. The van der Waals surface area contributed by atoms with Gasteiger partial charge in [-0.15, -0.1) is 12.4 Å². The van der Waals surface area contributed by atoms with Gasteiger partial charge in [0.05, 0.1) is 12.5 Å². The lowest BCUT2D eigenvalue weighted by Crippen LogP contribution is -2.36. The predicted molar refractivity (Wildman–Crippen MR) is 85.1 cm³/mol. The molecule has 4 nitrogen and oxygen atoms in total. The average molecular weight is 334 g/mol. The number of carbonyl (C=O) groups is 1. The fourth-order valence-electron chi connectivity index (χ4n) is 2.68. The van der Waals surface area contributed by atoms with E-state index in [0.29, 0.717) is 11.6 Å². The molecule has 1 aliphatic rings. The van der Waals surface area contributed by atoms with Crippen LogP contribution in [0.1, 0.15) is 30.9 Å². The third-order valence-electron chi connectivity index (χ3n) is 3.93. The van der Waals surface area contributed by atoms with Crippen LogP contribution in [-0.4, -0.2) is 40.7 Å². The van der Waals surface area contributed by atoms with Gasteiger partial charge in [-0.3, -0.25) is 4.79 Å². The molecule has 1 heterocycles. The van der Waals surface area contributed by atoms with E-state index in [4.69, 9.17) is 16.7 Å². The summed E-state index contributed by atoms with van der Waals surface area (Å²) in [6.07, 6.45) is 1.51. The van der Waals surface area contributed by atoms with Gasteiger partial charge < -0.3 is 15.1 Å². The van der Waals surface area contributed by atoms with Crippen molar-refractivity contribution < 1.29 is 15.0 Å². The zero-order valence-electron chi connectivity index (χ0n) is 11.7. The van der Waals surface area contributed by atoms with E-state index in [-0.39, 0.29) is 24.7 Å². The van der Waals surface area contributed by atoms with Crippen LogP contribution in [0.2, 0.25) is 5.02 Å². The van der Waals surface area contributed by atoms with Crippen LogP contribution in [0.3, 0.4) is 0 Å². The molecule has 1 unspecified atom stereocenters. The zero-order chi connectivity index (χ0) is 14.5. The van der Waals surface area contributed by atoms with E-state index in [1.54, 1.807) is 12.1 Å². The molecule has 0 spiro atoms. The van der Waals surface area contributed by atoms with Crippen molar-refractivity contribution >= 4 is 30.0 Å². The van der Waals surface area contributed by atoms with Crippen LogP contribution >= 0.6 is 24.0 Å². The molecule has 1 aliphatic heterocycles. The molecule has 1 aromatic carbocycles. The minimum absolute atomic E-state index is 0. The Labute approximate surface area is 136 Å². The van der Waals surface area contributed by atoms with E-state index in [9.17, 15) is 9.90 Å². The van der Waals surface area contributed by atoms with Crippen molar-refractivity contribution in [2.75, 3.05) is 19.6 Å². The number of halogens is 2. The number of aliphatic carboxylic acids is 1. The van der Waals surface area contributed by atoms with Gasteiger partial charge in [0.15, 0.2) is 0 Å². The summed E-state index contributed by atoms with van der Waals surface area (Å²) in [6, 6.07) is 7.32. The third kappa shape index (κ3) is 5.47. The van der Waals surface area contributed by atoms with Crippen molar-refractivity contribution in [2.45, 2.75) is 25.4 Å².